The summed E-state index contributed by atoms with van der Waals surface area (Å²) in [5.74, 6) is 0.686. The van der Waals surface area contributed by atoms with Crippen LogP contribution < -0.4 is 9.62 Å². The number of benzene rings is 1. The lowest BCUT2D eigenvalue weighted by atomic mass is 9.75. The normalized spacial score (nSPS) is 22.6. The summed E-state index contributed by atoms with van der Waals surface area (Å²) in [6.07, 6.45) is 5.59. The van der Waals surface area contributed by atoms with E-state index in [1.165, 1.54) is 22.9 Å². The largest absolute Gasteiger partial charge is 0.341 e. The molecule has 0 bridgehead atoms. The number of hydrogen-bond acceptors (Lipinski definition) is 6. The molecular weight excluding hydrogens is 410 g/mol. The van der Waals surface area contributed by atoms with Gasteiger partial charge in [0.25, 0.3) is 0 Å². The second-order valence-electron chi connectivity index (χ2n) is 9.45. The maximum atomic E-state index is 12.7. The van der Waals surface area contributed by atoms with Crippen LogP contribution in [-0.4, -0.2) is 56.0 Å². The van der Waals surface area contributed by atoms with Crippen LogP contribution in [0.5, 0.6) is 0 Å². The lowest BCUT2D eigenvalue weighted by molar-refractivity contribution is 0.147. The molecular formula is C23H31N5O2S. The molecule has 0 atom stereocenters. The zero-order valence-electron chi connectivity index (χ0n) is 18.4. The molecule has 7 nitrogen and oxygen atoms in total. The molecule has 1 N–H and O–H groups in total. The monoisotopic (exact) mass is 441 g/mol. The third-order valence-electron chi connectivity index (χ3n) is 7.02. The number of aromatic nitrogens is 2. The van der Waals surface area contributed by atoms with E-state index in [1.807, 2.05) is 0 Å². The fraction of sp³-hybridized carbons (Fsp3) is 0.565. The van der Waals surface area contributed by atoms with Crippen molar-refractivity contribution in [1.29, 1.82) is 0 Å². The highest BCUT2D eigenvalue weighted by atomic mass is 32.2. The lowest BCUT2D eigenvalue weighted by Crippen LogP contribution is -2.53. The van der Waals surface area contributed by atoms with Crippen LogP contribution in [0.2, 0.25) is 0 Å². The molecule has 0 amide bonds. The summed E-state index contributed by atoms with van der Waals surface area (Å²) in [4.78, 5) is 14.2. The summed E-state index contributed by atoms with van der Waals surface area (Å²) in [5.41, 5.74) is 4.42. The molecule has 1 aromatic heterocycles. The van der Waals surface area contributed by atoms with Crippen LogP contribution >= 0.6 is 0 Å². The van der Waals surface area contributed by atoms with Gasteiger partial charge in [-0.1, -0.05) is 29.3 Å². The predicted molar refractivity (Wildman–Crippen MR) is 121 cm³/mol. The van der Waals surface area contributed by atoms with E-state index in [1.54, 1.807) is 0 Å². The first-order valence-corrected chi connectivity index (χ1v) is 12.7. The predicted octanol–water partition coefficient (Wildman–Crippen LogP) is 2.52. The van der Waals surface area contributed by atoms with Gasteiger partial charge < -0.3 is 4.90 Å². The molecule has 3 aliphatic heterocycles. The zero-order valence-corrected chi connectivity index (χ0v) is 19.2. The highest BCUT2D eigenvalue weighted by Crippen LogP contribution is 2.41. The molecule has 0 aliphatic carbocycles. The van der Waals surface area contributed by atoms with Gasteiger partial charge in [-0.2, -0.15) is 0 Å². The van der Waals surface area contributed by atoms with Crippen molar-refractivity contribution in [2.45, 2.75) is 56.4 Å². The summed E-state index contributed by atoms with van der Waals surface area (Å²) in [6.45, 7) is 9.39. The van der Waals surface area contributed by atoms with E-state index < -0.39 is 10.0 Å². The molecule has 2 fully saturated rings. The van der Waals surface area contributed by atoms with Crippen molar-refractivity contribution in [2.24, 2.45) is 0 Å². The Balaban J connectivity index is 1.40. The third kappa shape index (κ3) is 3.97. The average molecular weight is 442 g/mol. The Labute approximate surface area is 184 Å². The number of anilines is 1. The lowest BCUT2D eigenvalue weighted by Gasteiger charge is -2.44. The van der Waals surface area contributed by atoms with Crippen molar-refractivity contribution in [3.8, 4) is 0 Å². The Morgan fingerprint density at radius 1 is 1.03 bits per heavy atom. The molecule has 4 heterocycles. The summed E-state index contributed by atoms with van der Waals surface area (Å²) >= 11 is 0. The van der Waals surface area contributed by atoms with Gasteiger partial charge in [-0.3, -0.25) is 4.90 Å². The molecule has 0 radical (unpaired) electrons. The number of nitrogens with zero attached hydrogens (tertiary/aromatic N) is 4. The van der Waals surface area contributed by atoms with Gasteiger partial charge in [0, 0.05) is 31.6 Å². The van der Waals surface area contributed by atoms with Gasteiger partial charge in [0.2, 0.25) is 16.0 Å². The number of fused-ring (bicyclic) bond motifs is 2. The van der Waals surface area contributed by atoms with Crippen LogP contribution in [0.3, 0.4) is 0 Å². The Morgan fingerprint density at radius 3 is 2.39 bits per heavy atom. The van der Waals surface area contributed by atoms with Crippen LogP contribution in [0.1, 0.15) is 48.1 Å². The zero-order chi connectivity index (χ0) is 21.6. The molecule has 1 spiro atoms. The van der Waals surface area contributed by atoms with Gasteiger partial charge in [-0.15, -0.1) is 0 Å². The second-order valence-corrected chi connectivity index (χ2v) is 11.2. The van der Waals surface area contributed by atoms with Crippen LogP contribution in [0.4, 0.5) is 5.95 Å². The topological polar surface area (TPSA) is 78.4 Å². The Morgan fingerprint density at radius 2 is 1.71 bits per heavy atom. The number of sulfonamides is 1. The first kappa shape index (κ1) is 20.8. The molecule has 2 saturated heterocycles. The quantitative estimate of drug-likeness (QED) is 0.789. The van der Waals surface area contributed by atoms with Crippen LogP contribution in [0, 0.1) is 13.8 Å². The van der Waals surface area contributed by atoms with Crippen molar-refractivity contribution in [2.75, 3.05) is 37.6 Å². The number of rotatable bonds is 3. The van der Waals surface area contributed by atoms with Crippen molar-refractivity contribution in [3.05, 3.63) is 46.8 Å². The van der Waals surface area contributed by atoms with E-state index >= 15 is 0 Å². The summed E-state index contributed by atoms with van der Waals surface area (Å²) in [5, 5.41) is 0. The van der Waals surface area contributed by atoms with E-state index in [9.17, 15) is 8.42 Å². The minimum atomic E-state index is -3.54. The van der Waals surface area contributed by atoms with Crippen molar-refractivity contribution < 1.29 is 8.42 Å². The molecule has 166 valence electrons. The van der Waals surface area contributed by atoms with Gasteiger partial charge in [0.15, 0.2) is 0 Å². The van der Waals surface area contributed by atoms with Crippen molar-refractivity contribution in [3.63, 3.8) is 0 Å². The third-order valence-corrected chi connectivity index (χ3v) is 8.43. The number of hydrogen-bond donors (Lipinski definition) is 1. The minimum Gasteiger partial charge on any atom is -0.341 e. The Bertz CT molecular complexity index is 1070. The highest BCUT2D eigenvalue weighted by molar-refractivity contribution is 7.89. The average Bonchev–Trinajstić information content (AvgIpc) is 3.27. The van der Waals surface area contributed by atoms with Crippen LogP contribution in [0.15, 0.2) is 29.3 Å². The fourth-order valence-corrected chi connectivity index (χ4v) is 6.70. The van der Waals surface area contributed by atoms with E-state index in [-0.39, 0.29) is 10.3 Å². The molecule has 8 heteroatoms. The Kier molecular flexibility index (Phi) is 5.27. The van der Waals surface area contributed by atoms with E-state index in [2.05, 4.69) is 51.6 Å². The molecule has 2 aromatic rings. The summed E-state index contributed by atoms with van der Waals surface area (Å²) < 4.78 is 28.2. The van der Waals surface area contributed by atoms with Gasteiger partial charge in [0.1, 0.15) is 4.90 Å². The first-order valence-electron chi connectivity index (χ1n) is 11.3. The molecule has 5 rings (SSSR count). The smallest absolute Gasteiger partial charge is 0.243 e. The van der Waals surface area contributed by atoms with Gasteiger partial charge in [-0.05, 0) is 58.2 Å². The number of nitrogens with one attached hydrogen (secondary N) is 1. The maximum Gasteiger partial charge on any atom is 0.243 e. The number of aryl methyl sites for hydroxylation is 2. The first-order chi connectivity index (χ1) is 14.8. The van der Waals surface area contributed by atoms with E-state index in [4.69, 9.17) is 4.98 Å². The number of piperidine rings is 1. The fourth-order valence-electron chi connectivity index (χ4n) is 5.37. The molecule has 0 saturated carbocycles. The minimum absolute atomic E-state index is 0.253. The summed E-state index contributed by atoms with van der Waals surface area (Å²) in [6, 6.07) is 6.73. The van der Waals surface area contributed by atoms with Gasteiger partial charge >= 0.3 is 0 Å². The second kappa shape index (κ2) is 7.83. The van der Waals surface area contributed by atoms with E-state index in [0.717, 1.165) is 64.1 Å². The standard InChI is InChI=1S/C23H31N5O2S/c1-17-11-18(2)13-19(12-17)15-27-9-5-23(6-10-27)16-25-31(29,30)20-14-24-22(26-21(20)23)28-7-3-4-8-28/h11-14,25H,3-10,15-16H2,1-2H3. The Hall–Kier alpha value is -2.03. The molecule has 31 heavy (non-hydrogen) atoms. The molecule has 0 unspecified atom stereocenters. The van der Waals surface area contributed by atoms with Crippen LogP contribution in [-0.2, 0) is 22.0 Å². The maximum absolute atomic E-state index is 12.7. The number of likely N-dealkylation sites (tertiary alicyclic amines) is 1. The SMILES string of the molecule is Cc1cc(C)cc(CN2CCC3(CC2)CNS(=O)(=O)c2cnc(N4CCCC4)nc23)c1. The van der Waals surface area contributed by atoms with Gasteiger partial charge in [0.05, 0.1) is 11.9 Å². The van der Waals surface area contributed by atoms with Gasteiger partial charge in [-0.25, -0.2) is 23.1 Å². The van der Waals surface area contributed by atoms with Crippen molar-refractivity contribution >= 4 is 16.0 Å². The molecule has 3 aliphatic rings. The van der Waals surface area contributed by atoms with E-state index in [0.29, 0.717) is 12.5 Å². The molecule has 1 aromatic carbocycles. The summed E-state index contributed by atoms with van der Waals surface area (Å²) in [7, 11) is -3.54. The van der Waals surface area contributed by atoms with Crippen molar-refractivity contribution in [1.82, 2.24) is 19.6 Å². The highest BCUT2D eigenvalue weighted by Gasteiger charge is 2.46. The van der Waals surface area contributed by atoms with Crippen LogP contribution in [0.25, 0.3) is 0 Å².